The Balaban J connectivity index is 2.19. The largest absolute Gasteiger partial charge is 0.377 e. The van der Waals surface area contributed by atoms with Crippen molar-refractivity contribution in [2.75, 3.05) is 13.7 Å². The smallest absolute Gasteiger partial charge is 0.123 e. The summed E-state index contributed by atoms with van der Waals surface area (Å²) in [6, 6.07) is 5.41. The third-order valence-electron chi connectivity index (χ3n) is 4.86. The molecular weight excluding hydrogens is 265 g/mol. The minimum atomic E-state index is -0.156. The highest BCUT2D eigenvalue weighted by Crippen LogP contribution is 2.37. The summed E-state index contributed by atoms with van der Waals surface area (Å²) in [6.45, 7) is 5.17. The molecule has 0 aliphatic heterocycles. The first-order valence-corrected chi connectivity index (χ1v) is 8.15. The van der Waals surface area contributed by atoms with Crippen molar-refractivity contribution in [3.05, 3.63) is 35.1 Å². The van der Waals surface area contributed by atoms with Crippen LogP contribution in [0.25, 0.3) is 0 Å². The third-order valence-corrected chi connectivity index (χ3v) is 4.86. The molecule has 0 spiro atoms. The lowest BCUT2D eigenvalue weighted by Crippen LogP contribution is -2.52. The molecule has 118 valence electrons. The predicted molar refractivity (Wildman–Crippen MR) is 85.1 cm³/mol. The van der Waals surface area contributed by atoms with E-state index >= 15 is 0 Å². The number of rotatable bonds is 7. The quantitative estimate of drug-likeness (QED) is 0.820. The molecule has 0 amide bonds. The number of hydrogen-bond donors (Lipinski definition) is 1. The van der Waals surface area contributed by atoms with Crippen molar-refractivity contribution in [3.8, 4) is 0 Å². The van der Waals surface area contributed by atoms with E-state index in [-0.39, 0.29) is 11.4 Å². The zero-order valence-corrected chi connectivity index (χ0v) is 13.5. The number of halogens is 1. The maximum Gasteiger partial charge on any atom is 0.123 e. The average molecular weight is 293 g/mol. The van der Waals surface area contributed by atoms with Crippen LogP contribution < -0.4 is 5.32 Å². The topological polar surface area (TPSA) is 21.3 Å². The van der Waals surface area contributed by atoms with Crippen LogP contribution in [0.1, 0.15) is 50.2 Å². The molecule has 1 saturated carbocycles. The zero-order chi connectivity index (χ0) is 15.3. The molecule has 3 heteroatoms. The molecule has 0 heterocycles. The van der Waals surface area contributed by atoms with Crippen molar-refractivity contribution >= 4 is 0 Å². The zero-order valence-electron chi connectivity index (χ0n) is 13.5. The van der Waals surface area contributed by atoms with E-state index in [4.69, 9.17) is 4.74 Å². The molecule has 1 aromatic carbocycles. The molecule has 1 aliphatic carbocycles. The molecule has 0 aromatic heterocycles. The monoisotopic (exact) mass is 293 g/mol. The summed E-state index contributed by atoms with van der Waals surface area (Å²) in [6.07, 6.45) is 6.72. The van der Waals surface area contributed by atoms with Crippen LogP contribution in [0.4, 0.5) is 4.39 Å². The Morgan fingerprint density at radius 2 is 2.05 bits per heavy atom. The lowest BCUT2D eigenvalue weighted by Gasteiger charge is -2.37. The SMILES string of the molecule is CCCNC(Cc1ccc(F)cc1C)C1(OC)CCCC1. The maximum atomic E-state index is 13.3. The van der Waals surface area contributed by atoms with Crippen molar-refractivity contribution in [3.63, 3.8) is 0 Å². The molecule has 2 nitrogen and oxygen atoms in total. The fraction of sp³-hybridized carbons (Fsp3) is 0.667. The van der Waals surface area contributed by atoms with E-state index in [0.717, 1.165) is 37.8 Å². The van der Waals surface area contributed by atoms with Gasteiger partial charge in [-0.1, -0.05) is 25.8 Å². The molecule has 1 fully saturated rings. The van der Waals surface area contributed by atoms with Gasteiger partial charge in [0.25, 0.3) is 0 Å². The van der Waals surface area contributed by atoms with Crippen LogP contribution in [0.15, 0.2) is 18.2 Å². The summed E-state index contributed by atoms with van der Waals surface area (Å²) in [7, 11) is 1.84. The van der Waals surface area contributed by atoms with Crippen LogP contribution in [0, 0.1) is 12.7 Å². The predicted octanol–water partition coefficient (Wildman–Crippen LogP) is 4.00. The Hall–Kier alpha value is -0.930. The fourth-order valence-electron chi connectivity index (χ4n) is 3.54. The molecule has 2 rings (SSSR count). The number of methoxy groups -OCH3 is 1. The Morgan fingerprint density at radius 3 is 2.62 bits per heavy atom. The van der Waals surface area contributed by atoms with Crippen LogP contribution in [-0.2, 0) is 11.2 Å². The lowest BCUT2D eigenvalue weighted by molar-refractivity contribution is -0.0355. The van der Waals surface area contributed by atoms with E-state index in [2.05, 4.69) is 12.2 Å². The van der Waals surface area contributed by atoms with Crippen LogP contribution in [-0.4, -0.2) is 25.3 Å². The van der Waals surface area contributed by atoms with E-state index in [0.29, 0.717) is 6.04 Å². The average Bonchev–Trinajstić information content (AvgIpc) is 2.95. The molecule has 1 N–H and O–H groups in total. The number of ether oxygens (including phenoxy) is 1. The van der Waals surface area contributed by atoms with Gasteiger partial charge >= 0.3 is 0 Å². The van der Waals surface area contributed by atoms with Gasteiger partial charge in [0.05, 0.1) is 5.60 Å². The second-order valence-corrected chi connectivity index (χ2v) is 6.26. The first-order valence-electron chi connectivity index (χ1n) is 8.15. The van der Waals surface area contributed by atoms with Crippen LogP contribution >= 0.6 is 0 Å². The van der Waals surface area contributed by atoms with Gasteiger partial charge in [-0.25, -0.2) is 4.39 Å². The highest BCUT2D eigenvalue weighted by Gasteiger charge is 2.41. The van der Waals surface area contributed by atoms with Gasteiger partial charge in [-0.2, -0.15) is 0 Å². The van der Waals surface area contributed by atoms with Crippen LogP contribution in [0.2, 0.25) is 0 Å². The summed E-state index contributed by atoms with van der Waals surface area (Å²) in [5.74, 6) is -0.156. The Kier molecular flexibility index (Phi) is 5.77. The number of benzene rings is 1. The number of aryl methyl sites for hydroxylation is 1. The Bertz CT molecular complexity index is 455. The summed E-state index contributed by atoms with van der Waals surface area (Å²) in [5.41, 5.74) is 2.19. The minimum Gasteiger partial charge on any atom is -0.377 e. The minimum absolute atomic E-state index is 0.0595. The van der Waals surface area contributed by atoms with E-state index in [1.165, 1.54) is 18.4 Å². The van der Waals surface area contributed by atoms with Gasteiger partial charge in [-0.3, -0.25) is 0 Å². The van der Waals surface area contributed by atoms with E-state index < -0.39 is 0 Å². The van der Waals surface area contributed by atoms with Gasteiger partial charge < -0.3 is 10.1 Å². The summed E-state index contributed by atoms with van der Waals surface area (Å²) in [5, 5.41) is 3.67. The van der Waals surface area contributed by atoms with Gasteiger partial charge in [-0.05, 0) is 62.4 Å². The van der Waals surface area contributed by atoms with E-state index in [1.54, 1.807) is 12.1 Å². The van der Waals surface area contributed by atoms with Gasteiger partial charge in [0.15, 0.2) is 0 Å². The van der Waals surface area contributed by atoms with Crippen molar-refractivity contribution in [2.24, 2.45) is 0 Å². The van der Waals surface area contributed by atoms with Crippen molar-refractivity contribution in [2.45, 2.75) is 64.0 Å². The molecule has 0 saturated heterocycles. The molecule has 0 bridgehead atoms. The molecule has 1 aliphatic rings. The highest BCUT2D eigenvalue weighted by atomic mass is 19.1. The molecule has 1 atom stereocenters. The van der Waals surface area contributed by atoms with Crippen molar-refractivity contribution < 1.29 is 9.13 Å². The van der Waals surface area contributed by atoms with Crippen LogP contribution in [0.5, 0.6) is 0 Å². The molecule has 0 radical (unpaired) electrons. The van der Waals surface area contributed by atoms with Gasteiger partial charge in [-0.15, -0.1) is 0 Å². The maximum absolute atomic E-state index is 13.3. The number of hydrogen-bond acceptors (Lipinski definition) is 2. The summed E-state index contributed by atoms with van der Waals surface area (Å²) >= 11 is 0. The molecule has 1 unspecified atom stereocenters. The molecule has 21 heavy (non-hydrogen) atoms. The van der Waals surface area contributed by atoms with E-state index in [9.17, 15) is 4.39 Å². The second kappa shape index (κ2) is 7.37. The van der Waals surface area contributed by atoms with E-state index in [1.807, 2.05) is 20.1 Å². The third kappa shape index (κ3) is 3.83. The lowest BCUT2D eigenvalue weighted by atomic mass is 9.86. The van der Waals surface area contributed by atoms with Gasteiger partial charge in [0.2, 0.25) is 0 Å². The van der Waals surface area contributed by atoms with Crippen molar-refractivity contribution in [1.82, 2.24) is 5.32 Å². The second-order valence-electron chi connectivity index (χ2n) is 6.26. The van der Waals surface area contributed by atoms with Gasteiger partial charge in [0, 0.05) is 13.2 Å². The van der Waals surface area contributed by atoms with Crippen molar-refractivity contribution in [1.29, 1.82) is 0 Å². The Labute approximate surface area is 128 Å². The number of nitrogens with one attached hydrogen (secondary N) is 1. The standard InChI is InChI=1S/C18H28FNO/c1-4-11-20-17(18(21-3)9-5-6-10-18)13-15-7-8-16(19)12-14(15)2/h7-8,12,17,20H,4-6,9-11,13H2,1-3H3. The molecular formula is C18H28FNO. The first-order chi connectivity index (χ1) is 10.1. The van der Waals surface area contributed by atoms with Gasteiger partial charge in [0.1, 0.15) is 5.82 Å². The normalized spacial score (nSPS) is 18.9. The van der Waals surface area contributed by atoms with Crippen LogP contribution in [0.3, 0.4) is 0 Å². The molecule has 1 aromatic rings. The Morgan fingerprint density at radius 1 is 1.33 bits per heavy atom. The summed E-state index contributed by atoms with van der Waals surface area (Å²) in [4.78, 5) is 0. The highest BCUT2D eigenvalue weighted by molar-refractivity contribution is 5.28. The first kappa shape index (κ1) is 16.4. The summed E-state index contributed by atoms with van der Waals surface area (Å²) < 4.78 is 19.2. The fourth-order valence-corrected chi connectivity index (χ4v) is 3.54.